The molecule has 0 aliphatic carbocycles. The molecule has 0 aliphatic rings. The van der Waals surface area contributed by atoms with Crippen LogP contribution in [0.1, 0.15) is 21.9 Å². The first kappa shape index (κ1) is 16.1. The highest BCUT2D eigenvalue weighted by Gasteiger charge is 2.20. The quantitative estimate of drug-likeness (QED) is 0.175. The predicted octanol–water partition coefficient (Wildman–Crippen LogP) is 13.7. The van der Waals surface area contributed by atoms with Gasteiger partial charge in [0.15, 0.2) is 0 Å². The lowest BCUT2D eigenvalue weighted by Gasteiger charge is -2.18. The topological polar surface area (TPSA) is 13.1 Å². The minimum Gasteiger partial charge on any atom is -0.456 e. The van der Waals surface area contributed by atoms with Crippen molar-refractivity contribution in [3.8, 4) is 44.5 Å². The van der Waals surface area contributed by atoms with E-state index >= 15 is 0 Å². The van der Waals surface area contributed by atoms with Crippen molar-refractivity contribution >= 4 is 54.3 Å². The van der Waals surface area contributed by atoms with Crippen LogP contribution in [0.5, 0.6) is 0 Å². The van der Waals surface area contributed by atoms with E-state index in [1.54, 1.807) is 30.3 Å². The van der Waals surface area contributed by atoms with Gasteiger partial charge in [0.05, 0.1) is 21.9 Å². The van der Waals surface area contributed by atoms with E-state index in [2.05, 4.69) is 0 Å². The summed E-state index contributed by atoms with van der Waals surface area (Å²) < 4.78 is 146. The molecule has 1 nitrogen and oxygen atoms in total. The Morgan fingerprint density at radius 3 is 1.61 bits per heavy atom. The van der Waals surface area contributed by atoms with Crippen molar-refractivity contribution in [3.05, 3.63) is 182 Å². The SMILES string of the molecule is [2H]c1c([2H])c([2H])c(-c2ccc3oc4cccc(-c5c6ccccc6c(-c6c([2H])c([2H])c7c([2H])c(-c8c([2H])c([2H])c([2H])c([2H])c8[2H])c([2H])c([2H])c7c6[2H])c6ccccc56)c4c3c2)c([2H])c1[2H]. The van der Waals surface area contributed by atoms with Gasteiger partial charge < -0.3 is 4.42 Å². The highest BCUT2D eigenvalue weighted by Crippen LogP contribution is 2.47. The van der Waals surface area contributed by atoms with Gasteiger partial charge in [-0.15, -0.1) is 0 Å². The lowest BCUT2D eigenvalue weighted by molar-refractivity contribution is 0.669. The van der Waals surface area contributed by atoms with Gasteiger partial charge in [0.2, 0.25) is 0 Å². The first-order valence-electron chi connectivity index (χ1n) is 23.5. The third-order valence-corrected chi connectivity index (χ3v) is 8.86. The standard InChI is InChI=1S/C48H30O/c1-3-12-31(13-4-1)33-22-23-35-29-37(25-24-34(35)28-33)46-38-16-7-9-18-40(38)47(41-19-10-8-17-39(41)46)42-20-11-21-45-48(42)43-30-36(26-27-44(43)49-45)32-14-5-2-6-15-32/h1-30H/i1D,2D,3D,4D,5D,6D,12D,13D,14D,15D,22D,23D,24D,25D,28D,29D. The van der Waals surface area contributed by atoms with Crippen LogP contribution in [0.25, 0.3) is 98.8 Å². The van der Waals surface area contributed by atoms with Gasteiger partial charge >= 0.3 is 0 Å². The number of hydrogen-bond acceptors (Lipinski definition) is 1. The minimum absolute atomic E-state index is 0.0282. The number of furan rings is 1. The van der Waals surface area contributed by atoms with Gasteiger partial charge in [-0.2, -0.15) is 0 Å². The minimum atomic E-state index is -0.701. The van der Waals surface area contributed by atoms with Crippen LogP contribution in [0.3, 0.4) is 0 Å². The summed E-state index contributed by atoms with van der Waals surface area (Å²) in [6.45, 7) is 0. The number of benzene rings is 9. The number of rotatable bonds is 4. The Hall–Kier alpha value is -6.44. The summed E-state index contributed by atoms with van der Waals surface area (Å²) in [5.74, 6) is 0. The van der Waals surface area contributed by atoms with Crippen LogP contribution < -0.4 is 0 Å². The molecular weight excluding hydrogens is 593 g/mol. The highest BCUT2D eigenvalue weighted by atomic mass is 16.3. The fraction of sp³-hybridized carbons (Fsp3) is 0. The molecule has 0 unspecified atom stereocenters. The highest BCUT2D eigenvalue weighted by molar-refractivity contribution is 6.26. The number of hydrogen-bond donors (Lipinski definition) is 0. The van der Waals surface area contributed by atoms with Crippen molar-refractivity contribution < 1.29 is 26.3 Å². The molecule has 0 spiro atoms. The fourth-order valence-electron chi connectivity index (χ4n) is 6.77. The molecule has 0 fully saturated rings. The van der Waals surface area contributed by atoms with Gasteiger partial charge in [0, 0.05) is 10.8 Å². The van der Waals surface area contributed by atoms with Crippen molar-refractivity contribution in [3.63, 3.8) is 0 Å². The van der Waals surface area contributed by atoms with E-state index in [4.69, 9.17) is 19.5 Å². The van der Waals surface area contributed by atoms with Gasteiger partial charge in [-0.3, -0.25) is 0 Å². The van der Waals surface area contributed by atoms with Crippen molar-refractivity contribution in [1.29, 1.82) is 0 Å². The molecule has 9 aromatic carbocycles. The third kappa shape index (κ3) is 4.47. The molecule has 1 heterocycles. The maximum absolute atomic E-state index is 9.69. The lowest BCUT2D eigenvalue weighted by Crippen LogP contribution is -1.91. The Morgan fingerprint density at radius 1 is 0.388 bits per heavy atom. The molecule has 10 rings (SSSR count). The zero-order valence-corrected chi connectivity index (χ0v) is 25.5. The number of fused-ring (bicyclic) bond motifs is 6. The summed E-state index contributed by atoms with van der Waals surface area (Å²) in [5, 5.41) is 3.21. The van der Waals surface area contributed by atoms with Crippen LogP contribution in [0.2, 0.25) is 0 Å². The van der Waals surface area contributed by atoms with Crippen molar-refractivity contribution in [2.75, 3.05) is 0 Å². The maximum atomic E-state index is 9.69. The van der Waals surface area contributed by atoms with Crippen LogP contribution >= 0.6 is 0 Å². The van der Waals surface area contributed by atoms with Crippen LogP contribution in [0.4, 0.5) is 0 Å². The van der Waals surface area contributed by atoms with E-state index in [-0.39, 0.29) is 34.0 Å². The molecule has 1 aromatic heterocycles. The maximum Gasteiger partial charge on any atom is 0.136 e. The summed E-state index contributed by atoms with van der Waals surface area (Å²) in [6, 6.07) is 16.6. The zero-order valence-electron chi connectivity index (χ0n) is 41.5. The third-order valence-electron chi connectivity index (χ3n) is 8.86. The van der Waals surface area contributed by atoms with E-state index < -0.39 is 95.7 Å². The fourth-order valence-corrected chi connectivity index (χ4v) is 6.77. The summed E-state index contributed by atoms with van der Waals surface area (Å²) >= 11 is 0. The Balaban J connectivity index is 1.28. The molecule has 0 N–H and O–H groups in total. The summed E-state index contributed by atoms with van der Waals surface area (Å²) in [7, 11) is 0. The molecule has 49 heavy (non-hydrogen) atoms. The second-order valence-electron chi connectivity index (χ2n) is 11.6. The average molecular weight is 639 g/mol. The molecule has 0 atom stereocenters. The second kappa shape index (κ2) is 11.1. The monoisotopic (exact) mass is 638 g/mol. The molecular formula is C48H30O. The van der Waals surface area contributed by atoms with Gasteiger partial charge in [-0.05, 0) is 107 Å². The lowest BCUT2D eigenvalue weighted by atomic mass is 9.84. The van der Waals surface area contributed by atoms with E-state index in [0.717, 1.165) is 11.1 Å². The molecule has 0 aliphatic heterocycles. The van der Waals surface area contributed by atoms with Gasteiger partial charge in [-0.1, -0.05) is 151 Å². The Kier molecular flexibility index (Phi) is 3.64. The zero-order chi connectivity index (χ0) is 46.2. The van der Waals surface area contributed by atoms with Crippen LogP contribution in [0.15, 0.2) is 186 Å². The predicted molar refractivity (Wildman–Crippen MR) is 208 cm³/mol. The van der Waals surface area contributed by atoms with Gasteiger partial charge in [0.1, 0.15) is 11.2 Å². The van der Waals surface area contributed by atoms with Gasteiger partial charge in [0.25, 0.3) is 0 Å². The van der Waals surface area contributed by atoms with E-state index in [9.17, 15) is 6.85 Å². The summed E-state index contributed by atoms with van der Waals surface area (Å²) in [6.07, 6.45) is 0. The normalized spacial score (nSPS) is 16.2. The largest absolute Gasteiger partial charge is 0.456 e. The first-order chi connectivity index (χ1) is 31.0. The van der Waals surface area contributed by atoms with Crippen LogP contribution in [-0.2, 0) is 0 Å². The van der Waals surface area contributed by atoms with E-state index in [1.807, 2.05) is 54.6 Å². The first-order valence-corrected chi connectivity index (χ1v) is 15.5. The average Bonchev–Trinajstić information content (AvgIpc) is 3.69. The van der Waals surface area contributed by atoms with E-state index in [0.29, 0.717) is 54.6 Å². The molecule has 0 saturated carbocycles. The second-order valence-corrected chi connectivity index (χ2v) is 11.6. The van der Waals surface area contributed by atoms with Crippen LogP contribution in [0, 0.1) is 0 Å². The van der Waals surface area contributed by atoms with Crippen molar-refractivity contribution in [2.24, 2.45) is 0 Å². The van der Waals surface area contributed by atoms with Crippen molar-refractivity contribution in [1.82, 2.24) is 0 Å². The molecule has 228 valence electrons. The van der Waals surface area contributed by atoms with Crippen molar-refractivity contribution in [2.45, 2.75) is 0 Å². The molecule has 0 saturated heterocycles. The molecule has 0 amide bonds. The molecule has 1 heteroatoms. The Morgan fingerprint density at radius 2 is 0.959 bits per heavy atom. The smallest absolute Gasteiger partial charge is 0.136 e. The summed E-state index contributed by atoms with van der Waals surface area (Å²) in [5.41, 5.74) is 2.33. The molecule has 0 radical (unpaired) electrons. The Labute approximate surface area is 306 Å². The Bertz CT molecular complexity index is 3680. The van der Waals surface area contributed by atoms with Gasteiger partial charge in [-0.25, -0.2) is 0 Å². The molecule has 0 bridgehead atoms. The summed E-state index contributed by atoms with van der Waals surface area (Å²) in [4.78, 5) is 0. The molecule has 10 aromatic rings. The van der Waals surface area contributed by atoms with Crippen LogP contribution in [-0.4, -0.2) is 0 Å². The van der Waals surface area contributed by atoms with E-state index in [1.165, 1.54) is 0 Å².